The SMILES string of the molecule is Cc1ccc(C)c(S(=O)(=O)N2CCN(C(=O)c3ccc(Br)cc3)CC2)c1. The third-order valence-corrected chi connectivity index (χ3v) is 7.15. The summed E-state index contributed by atoms with van der Waals surface area (Å²) in [6.07, 6.45) is 0. The van der Waals surface area contributed by atoms with Crippen molar-refractivity contribution in [2.24, 2.45) is 0 Å². The number of hydrogen-bond donors (Lipinski definition) is 0. The van der Waals surface area contributed by atoms with Crippen molar-refractivity contribution >= 4 is 31.9 Å². The van der Waals surface area contributed by atoms with Gasteiger partial charge in [-0.15, -0.1) is 0 Å². The van der Waals surface area contributed by atoms with Gasteiger partial charge >= 0.3 is 0 Å². The molecule has 0 atom stereocenters. The van der Waals surface area contributed by atoms with Crippen LogP contribution in [-0.4, -0.2) is 49.7 Å². The number of carbonyl (C=O) groups excluding carboxylic acids is 1. The Morgan fingerprint density at radius 1 is 0.962 bits per heavy atom. The molecule has 0 bridgehead atoms. The molecule has 0 aromatic heterocycles. The van der Waals surface area contributed by atoms with Crippen molar-refractivity contribution in [1.29, 1.82) is 0 Å². The van der Waals surface area contributed by atoms with Gasteiger partial charge in [-0.3, -0.25) is 4.79 Å². The monoisotopic (exact) mass is 436 g/mol. The minimum atomic E-state index is -3.55. The van der Waals surface area contributed by atoms with Gasteiger partial charge in [0.2, 0.25) is 10.0 Å². The normalized spacial score (nSPS) is 15.9. The Morgan fingerprint density at radius 3 is 2.19 bits per heavy atom. The quantitative estimate of drug-likeness (QED) is 0.741. The fourth-order valence-corrected chi connectivity index (χ4v) is 5.03. The van der Waals surface area contributed by atoms with E-state index in [9.17, 15) is 13.2 Å². The predicted octanol–water partition coefficient (Wildman–Crippen LogP) is 3.21. The minimum absolute atomic E-state index is 0.0683. The van der Waals surface area contributed by atoms with Crippen LogP contribution < -0.4 is 0 Å². The molecule has 1 aliphatic heterocycles. The largest absolute Gasteiger partial charge is 0.336 e. The van der Waals surface area contributed by atoms with Crippen LogP contribution in [0, 0.1) is 13.8 Å². The molecule has 0 unspecified atom stereocenters. The maximum Gasteiger partial charge on any atom is 0.253 e. The van der Waals surface area contributed by atoms with Gasteiger partial charge in [0, 0.05) is 36.2 Å². The smallest absolute Gasteiger partial charge is 0.253 e. The molecule has 0 spiro atoms. The number of sulfonamides is 1. The number of nitrogens with zero attached hydrogens (tertiary/aromatic N) is 2. The standard InChI is InChI=1S/C19H21BrN2O3S/c1-14-3-4-15(2)18(13-14)26(24,25)22-11-9-21(10-12-22)19(23)16-5-7-17(20)8-6-16/h3-8,13H,9-12H2,1-2H3. The van der Waals surface area contributed by atoms with Crippen LogP contribution in [-0.2, 0) is 10.0 Å². The number of benzene rings is 2. The first-order valence-electron chi connectivity index (χ1n) is 8.41. The molecule has 0 N–H and O–H groups in total. The van der Waals surface area contributed by atoms with Crippen LogP contribution in [0.5, 0.6) is 0 Å². The zero-order valence-electron chi connectivity index (χ0n) is 14.8. The molecular formula is C19H21BrN2O3S. The zero-order chi connectivity index (χ0) is 18.9. The van der Waals surface area contributed by atoms with Gasteiger partial charge in [-0.25, -0.2) is 8.42 Å². The van der Waals surface area contributed by atoms with Crippen molar-refractivity contribution in [3.05, 3.63) is 63.6 Å². The third-order valence-electron chi connectivity index (χ3n) is 4.58. The highest BCUT2D eigenvalue weighted by Crippen LogP contribution is 2.23. The van der Waals surface area contributed by atoms with Gasteiger partial charge < -0.3 is 4.90 Å². The number of halogens is 1. The van der Waals surface area contributed by atoms with E-state index in [0.29, 0.717) is 36.6 Å². The maximum atomic E-state index is 13.0. The molecule has 1 amide bonds. The first-order valence-corrected chi connectivity index (χ1v) is 10.6. The fraction of sp³-hybridized carbons (Fsp3) is 0.316. The van der Waals surface area contributed by atoms with E-state index in [1.807, 2.05) is 31.2 Å². The maximum absolute atomic E-state index is 13.0. The number of rotatable bonds is 3. The number of aryl methyl sites for hydroxylation is 2. The van der Waals surface area contributed by atoms with E-state index in [1.165, 1.54) is 4.31 Å². The minimum Gasteiger partial charge on any atom is -0.336 e. The molecule has 7 heteroatoms. The van der Waals surface area contributed by atoms with Gasteiger partial charge in [0.1, 0.15) is 0 Å². The molecule has 0 aliphatic carbocycles. The summed E-state index contributed by atoms with van der Waals surface area (Å²) in [7, 11) is -3.55. The van der Waals surface area contributed by atoms with Gasteiger partial charge in [-0.2, -0.15) is 4.31 Å². The number of amides is 1. The van der Waals surface area contributed by atoms with E-state index < -0.39 is 10.0 Å². The predicted molar refractivity (Wildman–Crippen MR) is 105 cm³/mol. The molecule has 0 saturated carbocycles. The van der Waals surface area contributed by atoms with Gasteiger partial charge in [-0.1, -0.05) is 28.1 Å². The molecule has 3 rings (SSSR count). The number of hydrogen-bond acceptors (Lipinski definition) is 3. The van der Waals surface area contributed by atoms with Crippen LogP contribution in [0.25, 0.3) is 0 Å². The van der Waals surface area contributed by atoms with E-state index >= 15 is 0 Å². The molecule has 1 aliphatic rings. The van der Waals surface area contributed by atoms with E-state index in [1.54, 1.807) is 30.0 Å². The first-order chi connectivity index (χ1) is 12.3. The molecule has 138 valence electrons. The topological polar surface area (TPSA) is 57.7 Å². The summed E-state index contributed by atoms with van der Waals surface area (Å²) < 4.78 is 28.3. The molecule has 1 heterocycles. The van der Waals surface area contributed by atoms with Gasteiger partial charge in [0.05, 0.1) is 4.90 Å². The Kier molecular flexibility index (Phi) is 5.50. The van der Waals surface area contributed by atoms with Crippen molar-refractivity contribution in [3.8, 4) is 0 Å². The summed E-state index contributed by atoms with van der Waals surface area (Å²) in [6, 6.07) is 12.6. The highest BCUT2D eigenvalue weighted by atomic mass is 79.9. The van der Waals surface area contributed by atoms with E-state index in [-0.39, 0.29) is 5.91 Å². The van der Waals surface area contributed by atoms with Gasteiger partial charge in [0.15, 0.2) is 0 Å². The molecule has 1 fully saturated rings. The summed E-state index contributed by atoms with van der Waals surface area (Å²) in [5, 5.41) is 0. The van der Waals surface area contributed by atoms with Crippen LogP contribution in [0.4, 0.5) is 0 Å². The zero-order valence-corrected chi connectivity index (χ0v) is 17.2. The molecule has 2 aromatic carbocycles. The second-order valence-corrected chi connectivity index (χ2v) is 9.29. The highest BCUT2D eigenvalue weighted by molar-refractivity contribution is 9.10. The third kappa shape index (κ3) is 3.84. The number of carbonyl (C=O) groups is 1. The lowest BCUT2D eigenvalue weighted by Crippen LogP contribution is -2.50. The van der Waals surface area contributed by atoms with Crippen molar-refractivity contribution in [2.75, 3.05) is 26.2 Å². The summed E-state index contributed by atoms with van der Waals surface area (Å²) >= 11 is 3.36. The van der Waals surface area contributed by atoms with Crippen LogP contribution in [0.1, 0.15) is 21.5 Å². The molecule has 26 heavy (non-hydrogen) atoms. The second-order valence-electron chi connectivity index (χ2n) is 6.47. The molecule has 1 saturated heterocycles. The Balaban J connectivity index is 1.72. The summed E-state index contributed by atoms with van der Waals surface area (Å²) in [5.41, 5.74) is 2.27. The van der Waals surface area contributed by atoms with Crippen molar-refractivity contribution in [3.63, 3.8) is 0 Å². The van der Waals surface area contributed by atoms with E-state index in [0.717, 1.165) is 15.6 Å². The second kappa shape index (κ2) is 7.50. The highest BCUT2D eigenvalue weighted by Gasteiger charge is 2.31. The van der Waals surface area contributed by atoms with Crippen molar-refractivity contribution in [1.82, 2.24) is 9.21 Å². The van der Waals surface area contributed by atoms with Crippen LogP contribution >= 0.6 is 15.9 Å². The van der Waals surface area contributed by atoms with Crippen molar-refractivity contribution in [2.45, 2.75) is 18.7 Å². The molecule has 5 nitrogen and oxygen atoms in total. The van der Waals surface area contributed by atoms with Crippen LogP contribution in [0.3, 0.4) is 0 Å². The Labute approximate surface area is 162 Å². The van der Waals surface area contributed by atoms with Crippen LogP contribution in [0.2, 0.25) is 0 Å². The molecule has 2 aromatic rings. The Morgan fingerprint density at radius 2 is 1.58 bits per heavy atom. The van der Waals surface area contributed by atoms with E-state index in [2.05, 4.69) is 15.9 Å². The molecular weight excluding hydrogens is 416 g/mol. The average Bonchev–Trinajstić information content (AvgIpc) is 2.64. The summed E-state index contributed by atoms with van der Waals surface area (Å²) in [6.45, 7) is 5.07. The molecule has 0 radical (unpaired) electrons. The average molecular weight is 437 g/mol. The van der Waals surface area contributed by atoms with Gasteiger partial charge in [0.25, 0.3) is 5.91 Å². The van der Waals surface area contributed by atoms with Gasteiger partial charge in [-0.05, 0) is 55.3 Å². The Bertz CT molecular complexity index is 918. The lowest BCUT2D eigenvalue weighted by atomic mass is 10.2. The lowest BCUT2D eigenvalue weighted by Gasteiger charge is -2.34. The first kappa shape index (κ1) is 19.1. The van der Waals surface area contributed by atoms with E-state index in [4.69, 9.17) is 0 Å². The Hall–Kier alpha value is -1.70. The van der Waals surface area contributed by atoms with Crippen molar-refractivity contribution < 1.29 is 13.2 Å². The lowest BCUT2D eigenvalue weighted by molar-refractivity contribution is 0.0698. The van der Waals surface area contributed by atoms with Crippen LogP contribution in [0.15, 0.2) is 51.8 Å². The summed E-state index contributed by atoms with van der Waals surface area (Å²) in [4.78, 5) is 14.6. The summed E-state index contributed by atoms with van der Waals surface area (Å²) in [5.74, 6) is -0.0683. The number of piperazine rings is 1. The fourth-order valence-electron chi connectivity index (χ4n) is 3.03.